The van der Waals surface area contributed by atoms with E-state index in [-0.39, 0.29) is 0 Å². The molecule has 66 valence electrons. The van der Waals surface area contributed by atoms with Crippen LogP contribution in [0.4, 0.5) is 0 Å². The van der Waals surface area contributed by atoms with Crippen LogP contribution in [-0.2, 0) is 6.42 Å². The monoisotopic (exact) mass is 164 g/mol. The molecule has 0 amide bonds. The van der Waals surface area contributed by atoms with Gasteiger partial charge >= 0.3 is 0 Å². The maximum atomic E-state index is 3.59. The molecule has 1 aromatic heterocycles. The van der Waals surface area contributed by atoms with Crippen molar-refractivity contribution in [1.29, 1.82) is 0 Å². The van der Waals surface area contributed by atoms with E-state index >= 15 is 0 Å². The van der Waals surface area contributed by atoms with Gasteiger partial charge in [-0.05, 0) is 25.0 Å². The average Bonchev–Trinajstić information content (AvgIpc) is 2.50. The lowest BCUT2D eigenvalue weighted by Crippen LogP contribution is -2.36. The molecule has 2 atom stereocenters. The minimum atomic E-state index is 0.565. The normalized spacial score (nSPS) is 28.5. The van der Waals surface area contributed by atoms with Crippen LogP contribution in [0.25, 0.3) is 0 Å². The molecule has 0 bridgehead atoms. The van der Waals surface area contributed by atoms with E-state index in [1.165, 1.54) is 17.7 Å². The van der Waals surface area contributed by atoms with Crippen molar-refractivity contribution in [2.45, 2.75) is 38.8 Å². The molecular weight excluding hydrogens is 148 g/mol. The zero-order valence-electron chi connectivity index (χ0n) is 7.72. The number of aromatic amines is 1. The number of hydrogen-bond acceptors (Lipinski definition) is 1. The van der Waals surface area contributed by atoms with E-state index in [0.29, 0.717) is 12.1 Å². The van der Waals surface area contributed by atoms with Gasteiger partial charge in [-0.1, -0.05) is 6.92 Å². The van der Waals surface area contributed by atoms with Gasteiger partial charge in [0.15, 0.2) is 0 Å². The van der Waals surface area contributed by atoms with Gasteiger partial charge in [0.05, 0.1) is 0 Å². The number of rotatable bonds is 1. The molecule has 1 aromatic rings. The molecule has 2 heterocycles. The Morgan fingerprint density at radius 1 is 1.58 bits per heavy atom. The Bertz CT molecular complexity index is 265. The molecule has 0 radical (unpaired) electrons. The SMILES string of the molecule is CC[C@H]1N[C@@H](C)Cc2[nH]ccc21. The molecule has 1 aliphatic heterocycles. The Morgan fingerprint density at radius 3 is 3.17 bits per heavy atom. The Balaban J connectivity index is 2.31. The number of fused-ring (bicyclic) bond motifs is 1. The molecule has 0 saturated carbocycles. The van der Waals surface area contributed by atoms with Crippen molar-refractivity contribution in [3.8, 4) is 0 Å². The molecular formula is C10H16N2. The van der Waals surface area contributed by atoms with Crippen LogP contribution in [-0.4, -0.2) is 11.0 Å². The first kappa shape index (κ1) is 7.87. The van der Waals surface area contributed by atoms with Crippen molar-refractivity contribution in [3.05, 3.63) is 23.5 Å². The molecule has 2 N–H and O–H groups in total. The van der Waals surface area contributed by atoms with Gasteiger partial charge in [0.2, 0.25) is 0 Å². The maximum Gasteiger partial charge on any atom is 0.0337 e. The van der Waals surface area contributed by atoms with Crippen LogP contribution in [0.1, 0.15) is 37.6 Å². The highest BCUT2D eigenvalue weighted by Gasteiger charge is 2.22. The quantitative estimate of drug-likeness (QED) is 0.652. The summed E-state index contributed by atoms with van der Waals surface area (Å²) in [6.45, 7) is 4.47. The number of nitrogens with one attached hydrogen (secondary N) is 2. The Labute approximate surface area is 73.4 Å². The van der Waals surface area contributed by atoms with E-state index in [1.54, 1.807) is 0 Å². The Morgan fingerprint density at radius 2 is 2.42 bits per heavy atom. The van der Waals surface area contributed by atoms with Crippen molar-refractivity contribution in [3.63, 3.8) is 0 Å². The third-order valence-corrected chi connectivity index (χ3v) is 2.65. The van der Waals surface area contributed by atoms with Crippen molar-refractivity contribution in [2.24, 2.45) is 0 Å². The Hall–Kier alpha value is -0.760. The predicted octanol–water partition coefficient (Wildman–Crippen LogP) is 2.00. The first-order chi connectivity index (χ1) is 5.81. The van der Waals surface area contributed by atoms with Gasteiger partial charge in [-0.25, -0.2) is 0 Å². The van der Waals surface area contributed by atoms with Gasteiger partial charge in [0, 0.05) is 30.4 Å². The zero-order valence-corrected chi connectivity index (χ0v) is 7.72. The Kier molecular flexibility index (Phi) is 1.93. The molecule has 2 rings (SSSR count). The maximum absolute atomic E-state index is 3.59. The summed E-state index contributed by atoms with van der Waals surface area (Å²) in [5.74, 6) is 0. The first-order valence-electron chi connectivity index (χ1n) is 4.73. The van der Waals surface area contributed by atoms with E-state index < -0.39 is 0 Å². The number of hydrogen-bond donors (Lipinski definition) is 2. The van der Waals surface area contributed by atoms with Gasteiger partial charge in [0.1, 0.15) is 0 Å². The summed E-state index contributed by atoms with van der Waals surface area (Å²) in [6.07, 6.45) is 4.36. The van der Waals surface area contributed by atoms with E-state index in [0.717, 1.165) is 6.42 Å². The molecule has 2 heteroatoms. The smallest absolute Gasteiger partial charge is 0.0337 e. The molecule has 12 heavy (non-hydrogen) atoms. The third-order valence-electron chi connectivity index (χ3n) is 2.65. The van der Waals surface area contributed by atoms with Crippen LogP contribution in [0.2, 0.25) is 0 Å². The van der Waals surface area contributed by atoms with E-state index in [9.17, 15) is 0 Å². The highest BCUT2D eigenvalue weighted by Crippen LogP contribution is 2.26. The summed E-state index contributed by atoms with van der Waals surface area (Å²) < 4.78 is 0. The van der Waals surface area contributed by atoms with Crippen LogP contribution < -0.4 is 5.32 Å². The van der Waals surface area contributed by atoms with Crippen LogP contribution in [0.3, 0.4) is 0 Å². The molecule has 0 aromatic carbocycles. The fraction of sp³-hybridized carbons (Fsp3) is 0.600. The lowest BCUT2D eigenvalue weighted by Gasteiger charge is -2.28. The topological polar surface area (TPSA) is 27.8 Å². The number of H-pyrrole nitrogens is 1. The van der Waals surface area contributed by atoms with Gasteiger partial charge in [-0.3, -0.25) is 0 Å². The zero-order chi connectivity index (χ0) is 8.55. The highest BCUT2D eigenvalue weighted by atomic mass is 15.0. The van der Waals surface area contributed by atoms with Crippen molar-refractivity contribution >= 4 is 0 Å². The van der Waals surface area contributed by atoms with Crippen molar-refractivity contribution in [1.82, 2.24) is 10.3 Å². The van der Waals surface area contributed by atoms with Crippen LogP contribution >= 0.6 is 0 Å². The largest absolute Gasteiger partial charge is 0.365 e. The second-order valence-electron chi connectivity index (χ2n) is 3.64. The third kappa shape index (κ3) is 1.16. The van der Waals surface area contributed by atoms with Crippen LogP contribution in [0.15, 0.2) is 12.3 Å². The predicted molar refractivity (Wildman–Crippen MR) is 50.1 cm³/mol. The standard InChI is InChI=1S/C10H16N2/c1-3-9-8-4-5-11-10(8)6-7(2)12-9/h4-5,7,9,11-12H,3,6H2,1-2H3/t7-,9+/m0/s1. The summed E-state index contributed by atoms with van der Waals surface area (Å²) in [4.78, 5) is 3.31. The fourth-order valence-electron chi connectivity index (χ4n) is 2.06. The van der Waals surface area contributed by atoms with Gasteiger partial charge in [0.25, 0.3) is 0 Å². The molecule has 0 unspecified atom stereocenters. The lowest BCUT2D eigenvalue weighted by atomic mass is 9.95. The van der Waals surface area contributed by atoms with E-state index in [2.05, 4.69) is 30.2 Å². The minimum absolute atomic E-state index is 0.565. The van der Waals surface area contributed by atoms with E-state index in [1.807, 2.05) is 6.20 Å². The highest BCUT2D eigenvalue weighted by molar-refractivity contribution is 5.27. The van der Waals surface area contributed by atoms with Gasteiger partial charge in [-0.2, -0.15) is 0 Å². The van der Waals surface area contributed by atoms with Crippen molar-refractivity contribution < 1.29 is 0 Å². The van der Waals surface area contributed by atoms with Crippen LogP contribution in [0, 0.1) is 0 Å². The summed E-state index contributed by atoms with van der Waals surface area (Å²) in [5.41, 5.74) is 2.89. The summed E-state index contributed by atoms with van der Waals surface area (Å²) >= 11 is 0. The second-order valence-corrected chi connectivity index (χ2v) is 3.64. The number of aromatic nitrogens is 1. The summed E-state index contributed by atoms with van der Waals surface area (Å²) in [5, 5.41) is 3.59. The summed E-state index contributed by atoms with van der Waals surface area (Å²) in [7, 11) is 0. The average molecular weight is 164 g/mol. The molecule has 0 aliphatic carbocycles. The molecule has 0 saturated heterocycles. The van der Waals surface area contributed by atoms with Crippen molar-refractivity contribution in [2.75, 3.05) is 0 Å². The van der Waals surface area contributed by atoms with Gasteiger partial charge in [-0.15, -0.1) is 0 Å². The lowest BCUT2D eigenvalue weighted by molar-refractivity contribution is 0.412. The first-order valence-corrected chi connectivity index (χ1v) is 4.73. The minimum Gasteiger partial charge on any atom is -0.365 e. The molecule has 2 nitrogen and oxygen atoms in total. The second kappa shape index (κ2) is 2.94. The molecule has 1 aliphatic rings. The van der Waals surface area contributed by atoms with E-state index in [4.69, 9.17) is 0 Å². The summed E-state index contributed by atoms with van der Waals surface area (Å²) in [6, 6.07) is 3.37. The fourth-order valence-corrected chi connectivity index (χ4v) is 2.06. The van der Waals surface area contributed by atoms with Gasteiger partial charge < -0.3 is 10.3 Å². The molecule has 0 fully saturated rings. The van der Waals surface area contributed by atoms with Crippen LogP contribution in [0.5, 0.6) is 0 Å². The molecule has 0 spiro atoms.